The summed E-state index contributed by atoms with van der Waals surface area (Å²) in [5, 5.41) is 9.62. The lowest BCUT2D eigenvalue weighted by atomic mass is 9.80. The van der Waals surface area contributed by atoms with Gasteiger partial charge in [0.25, 0.3) is 0 Å². The first kappa shape index (κ1) is 19.1. The van der Waals surface area contributed by atoms with Gasteiger partial charge in [-0.3, -0.25) is 4.79 Å². The van der Waals surface area contributed by atoms with Crippen LogP contribution in [-0.4, -0.2) is 18.2 Å². The second kappa shape index (κ2) is 6.69. The van der Waals surface area contributed by atoms with Crippen molar-refractivity contribution in [3.8, 4) is 5.75 Å². The fourth-order valence-electron chi connectivity index (χ4n) is 1.62. The molecule has 0 aliphatic carbocycles. The maximum atomic E-state index is 13.5. The van der Waals surface area contributed by atoms with Gasteiger partial charge in [0.05, 0.1) is 17.0 Å². The molecule has 0 saturated heterocycles. The van der Waals surface area contributed by atoms with Gasteiger partial charge < -0.3 is 15.6 Å². The van der Waals surface area contributed by atoms with Crippen LogP contribution in [0.1, 0.15) is 25.5 Å². The third kappa shape index (κ3) is 3.21. The lowest BCUT2D eigenvalue weighted by Gasteiger charge is -2.29. The highest BCUT2D eigenvalue weighted by atomic mass is 79.9. The number of benzene rings is 1. The summed E-state index contributed by atoms with van der Waals surface area (Å²) in [5.74, 6) is -4.17. The van der Waals surface area contributed by atoms with E-state index in [1.807, 2.05) is 0 Å². The van der Waals surface area contributed by atoms with Gasteiger partial charge in [-0.2, -0.15) is 4.39 Å². The average Bonchev–Trinajstić information content (AvgIpc) is 2.38. The van der Waals surface area contributed by atoms with Gasteiger partial charge in [-0.1, -0.05) is 0 Å². The number of phenolic OH excluding ortho intramolecular Hbond substituents is 1. The standard InChI is InChI=1S/C12H14BrF2NO3.ClH/c1-12(2,11(18)19-3)10(16)5-4-6(13)7(14)8(15)9(5)17;/h4,10,17H,16H2,1-3H3;1H/t10-;/m1./s1. The highest BCUT2D eigenvalue weighted by Gasteiger charge is 2.39. The quantitative estimate of drug-likeness (QED) is 0.630. The Morgan fingerprint density at radius 1 is 1.45 bits per heavy atom. The molecule has 0 aliphatic rings. The maximum Gasteiger partial charge on any atom is 0.313 e. The van der Waals surface area contributed by atoms with Crippen molar-refractivity contribution in [1.29, 1.82) is 0 Å². The summed E-state index contributed by atoms with van der Waals surface area (Å²) < 4.78 is 31.1. The van der Waals surface area contributed by atoms with Gasteiger partial charge in [0.1, 0.15) is 0 Å². The SMILES string of the molecule is COC(=O)C(C)(C)[C@H](N)c1cc(Br)c(F)c(F)c1O.Cl. The van der Waals surface area contributed by atoms with E-state index in [9.17, 15) is 18.7 Å². The van der Waals surface area contributed by atoms with Crippen molar-refractivity contribution in [2.24, 2.45) is 11.1 Å². The van der Waals surface area contributed by atoms with E-state index in [2.05, 4.69) is 20.7 Å². The molecule has 1 aromatic rings. The predicted molar refractivity (Wildman–Crippen MR) is 75.7 cm³/mol. The Kier molecular flexibility index (Phi) is 6.38. The van der Waals surface area contributed by atoms with Crippen LogP contribution in [0.25, 0.3) is 0 Å². The highest BCUT2D eigenvalue weighted by Crippen LogP contribution is 2.40. The molecule has 0 saturated carbocycles. The molecule has 8 heteroatoms. The predicted octanol–water partition coefficient (Wildman–Crippen LogP) is 3.05. The molecule has 20 heavy (non-hydrogen) atoms. The molecule has 0 aliphatic heterocycles. The number of carbonyl (C=O) groups excluding carboxylic acids is 1. The lowest BCUT2D eigenvalue weighted by molar-refractivity contribution is -0.152. The topological polar surface area (TPSA) is 72.5 Å². The van der Waals surface area contributed by atoms with Gasteiger partial charge in [0.15, 0.2) is 11.6 Å². The van der Waals surface area contributed by atoms with Crippen molar-refractivity contribution in [2.45, 2.75) is 19.9 Å². The molecular formula is C12H15BrClF2NO3. The molecule has 0 aromatic heterocycles. The monoisotopic (exact) mass is 373 g/mol. The number of carbonyl (C=O) groups is 1. The fraction of sp³-hybridized carbons (Fsp3) is 0.417. The maximum absolute atomic E-state index is 13.5. The van der Waals surface area contributed by atoms with Gasteiger partial charge in [-0.25, -0.2) is 4.39 Å². The Bertz CT molecular complexity index is 526. The van der Waals surface area contributed by atoms with Crippen LogP contribution < -0.4 is 5.73 Å². The molecular weight excluding hydrogens is 359 g/mol. The number of esters is 1. The normalized spacial score (nSPS) is 12.6. The Balaban J connectivity index is 0.00000361. The lowest BCUT2D eigenvalue weighted by Crippen LogP contribution is -2.37. The zero-order valence-electron chi connectivity index (χ0n) is 11.0. The third-order valence-electron chi connectivity index (χ3n) is 2.99. The number of aromatic hydroxyl groups is 1. The summed E-state index contributed by atoms with van der Waals surface area (Å²) in [6.07, 6.45) is 0. The van der Waals surface area contributed by atoms with Gasteiger partial charge in [-0.05, 0) is 35.8 Å². The number of methoxy groups -OCH3 is 1. The number of halogens is 4. The van der Waals surface area contributed by atoms with Crippen molar-refractivity contribution in [3.63, 3.8) is 0 Å². The number of phenols is 1. The van der Waals surface area contributed by atoms with E-state index in [0.717, 1.165) is 6.07 Å². The van der Waals surface area contributed by atoms with E-state index in [0.29, 0.717) is 0 Å². The summed E-state index contributed by atoms with van der Waals surface area (Å²) in [6, 6.07) is 0.0784. The van der Waals surface area contributed by atoms with Crippen LogP contribution in [0.15, 0.2) is 10.5 Å². The van der Waals surface area contributed by atoms with E-state index >= 15 is 0 Å². The zero-order valence-corrected chi connectivity index (χ0v) is 13.4. The second-order valence-electron chi connectivity index (χ2n) is 4.62. The van der Waals surface area contributed by atoms with Gasteiger partial charge in [-0.15, -0.1) is 12.4 Å². The number of rotatable bonds is 3. The molecule has 3 N–H and O–H groups in total. The molecule has 0 amide bonds. The first-order chi connectivity index (χ1) is 8.64. The Hall–Kier alpha value is -0.920. The van der Waals surface area contributed by atoms with E-state index in [4.69, 9.17) is 5.73 Å². The van der Waals surface area contributed by atoms with Crippen LogP contribution in [0.2, 0.25) is 0 Å². The zero-order chi connectivity index (χ0) is 15.0. The fourth-order valence-corrected chi connectivity index (χ4v) is 2.04. The van der Waals surface area contributed by atoms with Gasteiger partial charge in [0.2, 0.25) is 5.82 Å². The smallest absolute Gasteiger partial charge is 0.313 e. The third-order valence-corrected chi connectivity index (χ3v) is 3.57. The van der Waals surface area contributed by atoms with Crippen molar-refractivity contribution in [1.82, 2.24) is 0 Å². The van der Waals surface area contributed by atoms with Crippen LogP contribution in [-0.2, 0) is 9.53 Å². The number of nitrogens with two attached hydrogens (primary N) is 1. The summed E-state index contributed by atoms with van der Waals surface area (Å²) >= 11 is 2.82. The molecule has 1 rings (SSSR count). The molecule has 114 valence electrons. The largest absolute Gasteiger partial charge is 0.505 e. The molecule has 1 atom stereocenters. The summed E-state index contributed by atoms with van der Waals surface area (Å²) in [7, 11) is 1.19. The van der Waals surface area contributed by atoms with Gasteiger partial charge in [0, 0.05) is 11.6 Å². The number of ether oxygens (including phenoxy) is 1. The molecule has 4 nitrogen and oxygen atoms in total. The minimum Gasteiger partial charge on any atom is -0.505 e. The van der Waals surface area contributed by atoms with Crippen LogP contribution in [0.4, 0.5) is 8.78 Å². The Morgan fingerprint density at radius 2 is 1.95 bits per heavy atom. The summed E-state index contributed by atoms with van der Waals surface area (Å²) in [5.41, 5.74) is 4.57. The first-order valence-corrected chi connectivity index (χ1v) is 6.14. The van der Waals surface area contributed by atoms with E-state index in [-0.39, 0.29) is 22.4 Å². The van der Waals surface area contributed by atoms with Crippen LogP contribution >= 0.6 is 28.3 Å². The Labute approximate surface area is 129 Å². The number of hydrogen-bond donors (Lipinski definition) is 2. The Morgan fingerprint density at radius 3 is 2.40 bits per heavy atom. The minimum absolute atomic E-state index is 0. The second-order valence-corrected chi connectivity index (χ2v) is 5.47. The molecule has 0 bridgehead atoms. The molecule has 0 fully saturated rings. The average molecular weight is 375 g/mol. The van der Waals surface area contributed by atoms with E-state index in [1.54, 1.807) is 0 Å². The molecule has 0 radical (unpaired) electrons. The summed E-state index contributed by atoms with van der Waals surface area (Å²) in [4.78, 5) is 11.6. The molecule has 0 unspecified atom stereocenters. The van der Waals surface area contributed by atoms with Crippen molar-refractivity contribution in [2.75, 3.05) is 7.11 Å². The van der Waals surface area contributed by atoms with Crippen molar-refractivity contribution in [3.05, 3.63) is 27.7 Å². The highest BCUT2D eigenvalue weighted by molar-refractivity contribution is 9.10. The van der Waals surface area contributed by atoms with Crippen molar-refractivity contribution < 1.29 is 23.4 Å². The summed E-state index contributed by atoms with van der Waals surface area (Å²) in [6.45, 7) is 2.97. The number of hydrogen-bond acceptors (Lipinski definition) is 4. The van der Waals surface area contributed by atoms with Crippen LogP contribution in [0.5, 0.6) is 5.75 Å². The van der Waals surface area contributed by atoms with E-state index < -0.39 is 34.8 Å². The van der Waals surface area contributed by atoms with Crippen LogP contribution in [0, 0.1) is 17.0 Å². The van der Waals surface area contributed by atoms with Crippen molar-refractivity contribution >= 4 is 34.3 Å². The molecule has 1 aromatic carbocycles. The van der Waals surface area contributed by atoms with E-state index in [1.165, 1.54) is 21.0 Å². The molecule has 0 heterocycles. The van der Waals surface area contributed by atoms with Gasteiger partial charge >= 0.3 is 5.97 Å². The molecule has 0 spiro atoms. The minimum atomic E-state index is -1.42. The van der Waals surface area contributed by atoms with Crippen LogP contribution in [0.3, 0.4) is 0 Å². The first-order valence-electron chi connectivity index (χ1n) is 5.35.